The number of carboxylic acid groups (broad SMARTS) is 1. The minimum Gasteiger partial charge on any atom is -0.481 e. The topological polar surface area (TPSA) is 74.6 Å². The Morgan fingerprint density at radius 2 is 1.65 bits per heavy atom. The molecule has 0 aromatic rings. The first-order chi connectivity index (χ1) is 15.7. The summed E-state index contributed by atoms with van der Waals surface area (Å²) in [5.74, 6) is 0.588. The van der Waals surface area contributed by atoms with Gasteiger partial charge in [0.1, 0.15) is 5.78 Å². The van der Waals surface area contributed by atoms with Gasteiger partial charge in [0, 0.05) is 17.3 Å². The Bertz CT molecular complexity index is 945. The van der Waals surface area contributed by atoms with E-state index in [9.17, 15) is 19.8 Å². The van der Waals surface area contributed by atoms with Gasteiger partial charge in [-0.1, -0.05) is 53.2 Å². The van der Waals surface area contributed by atoms with Crippen molar-refractivity contribution in [3.8, 4) is 0 Å². The van der Waals surface area contributed by atoms with Gasteiger partial charge in [0.2, 0.25) is 0 Å². The number of rotatable bonds is 2. The fourth-order valence-electron chi connectivity index (χ4n) is 10.6. The van der Waals surface area contributed by atoms with Crippen LogP contribution in [0.4, 0.5) is 0 Å². The summed E-state index contributed by atoms with van der Waals surface area (Å²) in [5.41, 5.74) is 0.0993. The van der Waals surface area contributed by atoms with Crippen molar-refractivity contribution in [2.45, 2.75) is 106 Å². The summed E-state index contributed by atoms with van der Waals surface area (Å²) in [6.45, 7) is 13.9. The zero-order valence-corrected chi connectivity index (χ0v) is 22.3. The highest BCUT2D eigenvalue weighted by Gasteiger charge is 2.70. The number of hydrogen-bond donors (Lipinski definition) is 2. The van der Waals surface area contributed by atoms with E-state index in [2.05, 4.69) is 47.6 Å². The van der Waals surface area contributed by atoms with Crippen LogP contribution in [0.25, 0.3) is 0 Å². The molecule has 5 aliphatic rings. The molecule has 0 aromatic carbocycles. The van der Waals surface area contributed by atoms with Crippen molar-refractivity contribution in [2.24, 2.45) is 50.2 Å². The maximum absolute atomic E-state index is 12.9. The average Bonchev–Trinajstić information content (AvgIpc) is 2.75. The summed E-state index contributed by atoms with van der Waals surface area (Å²) in [6.07, 6.45) is 11.1. The van der Waals surface area contributed by atoms with Gasteiger partial charge >= 0.3 is 5.97 Å². The van der Waals surface area contributed by atoms with Crippen molar-refractivity contribution in [2.75, 3.05) is 6.61 Å². The van der Waals surface area contributed by atoms with Gasteiger partial charge in [-0.3, -0.25) is 9.59 Å². The van der Waals surface area contributed by atoms with Gasteiger partial charge < -0.3 is 10.2 Å². The summed E-state index contributed by atoms with van der Waals surface area (Å²) in [5, 5.41) is 21.7. The number of Topliss-reactive ketones (excluding diaryl/α,β-unsaturated/α-hetero) is 1. The van der Waals surface area contributed by atoms with Gasteiger partial charge in [0.05, 0.1) is 12.0 Å². The van der Waals surface area contributed by atoms with Crippen LogP contribution in [0.5, 0.6) is 0 Å². The number of aliphatic carboxylic acids is 1. The van der Waals surface area contributed by atoms with Gasteiger partial charge in [0.25, 0.3) is 0 Å². The number of allylic oxidation sites excluding steroid dienone is 1. The lowest BCUT2D eigenvalue weighted by Gasteiger charge is -2.70. The summed E-state index contributed by atoms with van der Waals surface area (Å²) < 4.78 is 0. The monoisotopic (exact) mass is 470 g/mol. The number of aliphatic hydroxyl groups excluding tert-OH is 1. The SMILES string of the molecule is CC1(C)CC[C@]2(C(=O)O)CC[C@]3(CO)C(=CCC4[C@@]5(C)CCC(=O)C(C)(C)C5CC[C@]43C)C2C1. The summed E-state index contributed by atoms with van der Waals surface area (Å²) >= 11 is 0. The molecule has 4 saturated carbocycles. The van der Waals surface area contributed by atoms with Gasteiger partial charge in [-0.2, -0.15) is 0 Å². The number of ketones is 1. The van der Waals surface area contributed by atoms with Crippen molar-refractivity contribution < 1.29 is 19.8 Å². The maximum atomic E-state index is 12.9. The van der Waals surface area contributed by atoms with E-state index in [0.717, 1.165) is 51.4 Å². The molecule has 0 saturated heterocycles. The van der Waals surface area contributed by atoms with E-state index in [1.165, 1.54) is 5.57 Å². The molecule has 0 aromatic heterocycles. The second kappa shape index (κ2) is 7.20. The molecule has 0 bridgehead atoms. The molecule has 0 heterocycles. The third-order valence-electron chi connectivity index (χ3n) is 12.8. The van der Waals surface area contributed by atoms with Gasteiger partial charge in [-0.25, -0.2) is 0 Å². The van der Waals surface area contributed by atoms with Crippen LogP contribution in [0.3, 0.4) is 0 Å². The van der Waals surface area contributed by atoms with Crippen LogP contribution in [0.2, 0.25) is 0 Å². The molecule has 0 aliphatic heterocycles. The Balaban J connectivity index is 1.63. The van der Waals surface area contributed by atoms with Crippen LogP contribution in [-0.4, -0.2) is 28.6 Å². The van der Waals surface area contributed by atoms with E-state index >= 15 is 0 Å². The molecule has 4 heteroatoms. The minimum atomic E-state index is -0.677. The lowest BCUT2D eigenvalue weighted by atomic mass is 9.33. The summed E-state index contributed by atoms with van der Waals surface area (Å²) in [4.78, 5) is 25.7. The van der Waals surface area contributed by atoms with E-state index < -0.39 is 11.4 Å². The highest BCUT2D eigenvalue weighted by atomic mass is 16.4. The lowest BCUT2D eigenvalue weighted by Crippen LogP contribution is -2.66. The quantitative estimate of drug-likeness (QED) is 0.457. The standard InChI is InChI=1S/C30H46O4/c1-25(2)13-14-29(24(33)34)15-16-30(18-31)19(20(29)17-25)7-8-22-27(5)11-10-23(32)26(3,4)21(27)9-12-28(22,30)6/h7,20-22,31H,8-18H2,1-6H3,(H,33,34)/t20?,21?,22?,27-,28+,29-,30-/m0/s1. The zero-order valence-electron chi connectivity index (χ0n) is 22.3. The fraction of sp³-hybridized carbons (Fsp3) is 0.867. The van der Waals surface area contributed by atoms with Crippen molar-refractivity contribution in [1.29, 1.82) is 0 Å². The lowest BCUT2D eigenvalue weighted by molar-refractivity contribution is -0.198. The van der Waals surface area contributed by atoms with E-state index in [1.54, 1.807) is 0 Å². The number of fused-ring (bicyclic) bond motifs is 7. The van der Waals surface area contributed by atoms with Crippen LogP contribution in [-0.2, 0) is 9.59 Å². The largest absolute Gasteiger partial charge is 0.481 e. The molecule has 4 nitrogen and oxygen atoms in total. The predicted molar refractivity (Wildman–Crippen MR) is 133 cm³/mol. The summed E-state index contributed by atoms with van der Waals surface area (Å²) in [7, 11) is 0. The zero-order chi connectivity index (χ0) is 24.9. The molecule has 7 atom stereocenters. The van der Waals surface area contributed by atoms with E-state index in [-0.39, 0.29) is 39.6 Å². The number of carboxylic acids is 1. The van der Waals surface area contributed by atoms with Gasteiger partial charge in [0.15, 0.2) is 0 Å². The number of carbonyl (C=O) groups excluding carboxylic acids is 1. The average molecular weight is 471 g/mol. The highest BCUT2D eigenvalue weighted by molar-refractivity contribution is 5.85. The van der Waals surface area contributed by atoms with Crippen molar-refractivity contribution in [1.82, 2.24) is 0 Å². The number of carbonyl (C=O) groups is 2. The highest BCUT2D eigenvalue weighted by Crippen LogP contribution is 2.75. The third-order valence-corrected chi connectivity index (χ3v) is 12.8. The first kappa shape index (κ1) is 24.5. The molecule has 0 radical (unpaired) electrons. The minimum absolute atomic E-state index is 0.0160. The van der Waals surface area contributed by atoms with Crippen LogP contribution in [0.15, 0.2) is 11.6 Å². The Labute approximate surface area is 206 Å². The van der Waals surface area contributed by atoms with Crippen LogP contribution >= 0.6 is 0 Å². The van der Waals surface area contributed by atoms with Crippen molar-refractivity contribution in [3.05, 3.63) is 11.6 Å². The molecule has 2 N–H and O–H groups in total. The summed E-state index contributed by atoms with van der Waals surface area (Å²) in [6, 6.07) is 0. The maximum Gasteiger partial charge on any atom is 0.310 e. The number of aliphatic hydroxyl groups is 1. The van der Waals surface area contributed by atoms with Crippen LogP contribution < -0.4 is 0 Å². The first-order valence-corrected chi connectivity index (χ1v) is 13.8. The molecule has 3 unspecified atom stereocenters. The molecule has 4 fully saturated rings. The van der Waals surface area contributed by atoms with E-state index in [4.69, 9.17) is 0 Å². The molecule has 5 aliphatic carbocycles. The van der Waals surface area contributed by atoms with Crippen LogP contribution in [0, 0.1) is 50.2 Å². The predicted octanol–water partition coefficient (Wildman–Crippen LogP) is 6.41. The molecular weight excluding hydrogens is 424 g/mol. The molecular formula is C30H46O4. The van der Waals surface area contributed by atoms with Gasteiger partial charge in [-0.05, 0) is 91.8 Å². The molecule has 190 valence electrons. The number of hydrogen-bond acceptors (Lipinski definition) is 3. The van der Waals surface area contributed by atoms with Gasteiger partial charge in [-0.15, -0.1) is 0 Å². The molecule has 0 amide bonds. The normalized spacial score (nSPS) is 49.1. The molecule has 0 spiro atoms. The Hall–Kier alpha value is -1.16. The second-order valence-electron chi connectivity index (χ2n) is 14.7. The van der Waals surface area contributed by atoms with Crippen molar-refractivity contribution >= 4 is 11.8 Å². The smallest absolute Gasteiger partial charge is 0.310 e. The first-order valence-electron chi connectivity index (χ1n) is 13.8. The Morgan fingerprint density at radius 3 is 2.29 bits per heavy atom. The third kappa shape index (κ3) is 2.81. The fourth-order valence-corrected chi connectivity index (χ4v) is 10.6. The van der Waals surface area contributed by atoms with Crippen LogP contribution in [0.1, 0.15) is 106 Å². The van der Waals surface area contributed by atoms with Crippen molar-refractivity contribution in [3.63, 3.8) is 0 Å². The van der Waals surface area contributed by atoms with E-state index in [0.29, 0.717) is 30.5 Å². The molecule has 5 rings (SSSR count). The molecule has 34 heavy (non-hydrogen) atoms. The Kier molecular flexibility index (Phi) is 5.20. The van der Waals surface area contributed by atoms with E-state index in [1.807, 2.05) is 0 Å². The Morgan fingerprint density at radius 1 is 0.971 bits per heavy atom. The second-order valence-corrected chi connectivity index (χ2v) is 14.7.